The molecule has 0 aromatic heterocycles. The Bertz CT molecular complexity index is 789. The lowest BCUT2D eigenvalue weighted by Crippen LogP contribution is -2.38. The molecule has 1 saturated heterocycles. The van der Waals surface area contributed by atoms with E-state index in [1.54, 1.807) is 30.3 Å². The van der Waals surface area contributed by atoms with Crippen LogP contribution in [0.4, 0.5) is 10.5 Å². The molecule has 1 aliphatic heterocycles. The van der Waals surface area contributed by atoms with Gasteiger partial charge in [0.25, 0.3) is 5.91 Å². The number of anilines is 1. The zero-order chi connectivity index (χ0) is 17.1. The summed E-state index contributed by atoms with van der Waals surface area (Å²) in [5.74, 6) is -0.844. The van der Waals surface area contributed by atoms with Crippen molar-refractivity contribution in [1.82, 2.24) is 10.2 Å². The number of aryl methyl sites for hydroxylation is 1. The first-order valence-corrected chi connectivity index (χ1v) is 7.58. The van der Waals surface area contributed by atoms with E-state index in [4.69, 9.17) is 0 Å². The molecule has 2 N–H and O–H groups in total. The third-order valence-corrected chi connectivity index (χ3v) is 3.76. The first-order chi connectivity index (χ1) is 11.5. The Balaban J connectivity index is 1.67. The minimum atomic E-state index is -0.745. The molecule has 1 unspecified atom stereocenters. The number of imide groups is 1. The summed E-state index contributed by atoms with van der Waals surface area (Å²) in [6.45, 7) is 1.60. The van der Waals surface area contributed by atoms with Crippen LogP contribution in [0.1, 0.15) is 17.2 Å². The van der Waals surface area contributed by atoms with Crippen LogP contribution in [0.2, 0.25) is 0 Å². The van der Waals surface area contributed by atoms with E-state index >= 15 is 0 Å². The van der Waals surface area contributed by atoms with Crippen LogP contribution in [0, 0.1) is 6.92 Å². The molecule has 2 aromatic rings. The van der Waals surface area contributed by atoms with Crippen LogP contribution in [0.5, 0.6) is 0 Å². The Morgan fingerprint density at radius 1 is 1.12 bits per heavy atom. The quantitative estimate of drug-likeness (QED) is 0.847. The van der Waals surface area contributed by atoms with Crippen LogP contribution < -0.4 is 10.6 Å². The van der Waals surface area contributed by atoms with Gasteiger partial charge < -0.3 is 10.6 Å². The van der Waals surface area contributed by atoms with Crippen molar-refractivity contribution in [3.05, 3.63) is 65.7 Å². The number of carbonyl (C=O) groups excluding carboxylic acids is 3. The van der Waals surface area contributed by atoms with E-state index in [-0.39, 0.29) is 6.54 Å². The number of carbonyl (C=O) groups is 3. The highest BCUT2D eigenvalue weighted by Gasteiger charge is 2.39. The molecule has 1 fully saturated rings. The fourth-order valence-corrected chi connectivity index (χ4v) is 2.61. The lowest BCUT2D eigenvalue weighted by atomic mass is 10.1. The fourth-order valence-electron chi connectivity index (χ4n) is 2.61. The van der Waals surface area contributed by atoms with Crippen molar-refractivity contribution in [2.24, 2.45) is 0 Å². The van der Waals surface area contributed by atoms with Gasteiger partial charge in [0, 0.05) is 5.69 Å². The van der Waals surface area contributed by atoms with E-state index in [1.165, 1.54) is 0 Å². The van der Waals surface area contributed by atoms with Gasteiger partial charge in [-0.15, -0.1) is 0 Å². The first kappa shape index (κ1) is 15.7. The van der Waals surface area contributed by atoms with Crippen LogP contribution >= 0.6 is 0 Å². The van der Waals surface area contributed by atoms with Crippen molar-refractivity contribution in [3.8, 4) is 0 Å². The predicted octanol–water partition coefficient (Wildman–Crippen LogP) is 2.23. The van der Waals surface area contributed by atoms with E-state index < -0.39 is 23.9 Å². The number of nitrogens with one attached hydrogen (secondary N) is 2. The number of nitrogens with zero attached hydrogens (tertiary/aromatic N) is 1. The summed E-state index contributed by atoms with van der Waals surface area (Å²) in [5.41, 5.74) is 2.33. The first-order valence-electron chi connectivity index (χ1n) is 7.58. The number of rotatable bonds is 4. The molecule has 1 atom stereocenters. The van der Waals surface area contributed by atoms with Gasteiger partial charge in [-0.3, -0.25) is 14.5 Å². The lowest BCUT2D eigenvalue weighted by molar-refractivity contribution is -0.130. The summed E-state index contributed by atoms with van der Waals surface area (Å²) in [5, 5.41) is 5.30. The minimum Gasteiger partial charge on any atom is -0.325 e. The highest BCUT2D eigenvalue weighted by atomic mass is 16.2. The summed E-state index contributed by atoms with van der Waals surface area (Å²) < 4.78 is 0. The number of benzene rings is 2. The molecule has 24 heavy (non-hydrogen) atoms. The van der Waals surface area contributed by atoms with Gasteiger partial charge in [0.2, 0.25) is 5.91 Å². The topological polar surface area (TPSA) is 78.5 Å². The molecule has 3 rings (SSSR count). The Morgan fingerprint density at radius 2 is 1.88 bits per heavy atom. The maximum absolute atomic E-state index is 12.4. The summed E-state index contributed by atoms with van der Waals surface area (Å²) in [4.78, 5) is 37.5. The molecule has 122 valence electrons. The second kappa shape index (κ2) is 6.54. The SMILES string of the molecule is Cc1cccc(NC(=O)CN2C(=O)NC(c3ccccc3)C2=O)c1. The second-order valence-corrected chi connectivity index (χ2v) is 5.64. The highest BCUT2D eigenvalue weighted by molar-refractivity contribution is 6.08. The summed E-state index contributed by atoms with van der Waals surface area (Å²) in [6, 6.07) is 14.9. The average Bonchev–Trinajstić information content (AvgIpc) is 2.84. The molecular weight excluding hydrogens is 306 g/mol. The van der Waals surface area contributed by atoms with Gasteiger partial charge in [-0.2, -0.15) is 0 Å². The monoisotopic (exact) mass is 323 g/mol. The van der Waals surface area contributed by atoms with Crippen molar-refractivity contribution in [3.63, 3.8) is 0 Å². The molecule has 2 aromatic carbocycles. The largest absolute Gasteiger partial charge is 0.325 e. The molecule has 0 radical (unpaired) electrons. The Morgan fingerprint density at radius 3 is 2.58 bits per heavy atom. The van der Waals surface area contributed by atoms with E-state index in [0.717, 1.165) is 10.5 Å². The third kappa shape index (κ3) is 3.27. The van der Waals surface area contributed by atoms with Gasteiger partial charge >= 0.3 is 6.03 Å². The van der Waals surface area contributed by atoms with E-state index in [2.05, 4.69) is 10.6 Å². The van der Waals surface area contributed by atoms with Crippen LogP contribution in [0.15, 0.2) is 54.6 Å². The Labute approximate surface area is 139 Å². The molecule has 0 bridgehead atoms. The normalized spacial score (nSPS) is 16.9. The van der Waals surface area contributed by atoms with E-state index in [9.17, 15) is 14.4 Å². The van der Waals surface area contributed by atoms with Gasteiger partial charge in [-0.25, -0.2) is 4.79 Å². The number of amides is 4. The standard InChI is InChI=1S/C18H17N3O3/c1-12-6-5-9-14(10-12)19-15(22)11-21-17(23)16(20-18(21)24)13-7-3-2-4-8-13/h2-10,16H,11H2,1H3,(H,19,22)(H,20,24). The smallest absolute Gasteiger partial charge is 0.325 e. The van der Waals surface area contributed by atoms with E-state index in [0.29, 0.717) is 11.3 Å². The predicted molar refractivity (Wildman–Crippen MR) is 89.2 cm³/mol. The van der Waals surface area contributed by atoms with Gasteiger partial charge in [0.1, 0.15) is 12.6 Å². The summed E-state index contributed by atoms with van der Waals surface area (Å²) in [6.07, 6.45) is 0. The zero-order valence-corrected chi connectivity index (χ0v) is 13.2. The van der Waals surface area contributed by atoms with Gasteiger partial charge in [-0.05, 0) is 30.2 Å². The third-order valence-electron chi connectivity index (χ3n) is 3.76. The molecule has 1 heterocycles. The van der Waals surface area contributed by atoms with Crippen molar-refractivity contribution in [1.29, 1.82) is 0 Å². The highest BCUT2D eigenvalue weighted by Crippen LogP contribution is 2.21. The molecule has 6 heteroatoms. The molecular formula is C18H17N3O3. The maximum Gasteiger partial charge on any atom is 0.325 e. The number of urea groups is 1. The summed E-state index contributed by atoms with van der Waals surface area (Å²) in [7, 11) is 0. The molecule has 1 aliphatic rings. The van der Waals surface area contributed by atoms with E-state index in [1.807, 2.05) is 31.2 Å². The minimum absolute atomic E-state index is 0.318. The van der Waals surface area contributed by atoms with Gasteiger partial charge in [0.15, 0.2) is 0 Å². The molecule has 4 amide bonds. The Hall–Kier alpha value is -3.15. The zero-order valence-electron chi connectivity index (χ0n) is 13.2. The van der Waals surface area contributed by atoms with Crippen LogP contribution in [0.3, 0.4) is 0 Å². The van der Waals surface area contributed by atoms with Crippen molar-refractivity contribution in [2.75, 3.05) is 11.9 Å². The molecule has 0 spiro atoms. The fraction of sp³-hybridized carbons (Fsp3) is 0.167. The van der Waals surface area contributed by atoms with Crippen molar-refractivity contribution < 1.29 is 14.4 Å². The van der Waals surface area contributed by atoms with Crippen LogP contribution in [-0.2, 0) is 9.59 Å². The Kier molecular flexibility index (Phi) is 4.29. The van der Waals surface area contributed by atoms with Gasteiger partial charge in [-0.1, -0.05) is 42.5 Å². The summed E-state index contributed by atoms with van der Waals surface area (Å²) >= 11 is 0. The lowest BCUT2D eigenvalue weighted by Gasteiger charge is -2.13. The molecule has 6 nitrogen and oxygen atoms in total. The second-order valence-electron chi connectivity index (χ2n) is 5.64. The average molecular weight is 323 g/mol. The van der Waals surface area contributed by atoms with Gasteiger partial charge in [0.05, 0.1) is 0 Å². The van der Waals surface area contributed by atoms with Crippen molar-refractivity contribution in [2.45, 2.75) is 13.0 Å². The molecule has 0 saturated carbocycles. The number of hydrogen-bond donors (Lipinski definition) is 2. The number of hydrogen-bond acceptors (Lipinski definition) is 3. The molecule has 0 aliphatic carbocycles. The van der Waals surface area contributed by atoms with Crippen LogP contribution in [-0.4, -0.2) is 29.3 Å². The maximum atomic E-state index is 12.4. The van der Waals surface area contributed by atoms with Crippen molar-refractivity contribution >= 4 is 23.5 Å². The van der Waals surface area contributed by atoms with Crippen LogP contribution in [0.25, 0.3) is 0 Å².